The number of hydrogen-bond donors (Lipinski definition) is 2. The van der Waals surface area contributed by atoms with Crippen molar-refractivity contribution in [2.75, 3.05) is 13.7 Å². The van der Waals surface area contributed by atoms with Gasteiger partial charge in [-0.15, -0.1) is 0 Å². The van der Waals surface area contributed by atoms with Gasteiger partial charge in [0.2, 0.25) is 0 Å². The topological polar surface area (TPSA) is 45.7 Å². The van der Waals surface area contributed by atoms with Gasteiger partial charge in [0.1, 0.15) is 5.75 Å². The summed E-state index contributed by atoms with van der Waals surface area (Å²) in [5.74, 6) is 2.31. The first kappa shape index (κ1) is 16.3. The summed E-state index contributed by atoms with van der Waals surface area (Å²) in [6, 6.07) is 8.39. The van der Waals surface area contributed by atoms with Crippen molar-refractivity contribution < 1.29 is 4.74 Å². The maximum absolute atomic E-state index is 5.15. The average Bonchev–Trinajstić information content (AvgIpc) is 2.45. The smallest absolute Gasteiger partial charge is 0.191 e. The van der Waals surface area contributed by atoms with Crippen molar-refractivity contribution in [1.29, 1.82) is 0 Å². The number of benzene rings is 1. The Labute approximate surface area is 122 Å². The maximum atomic E-state index is 5.15. The molecule has 4 heteroatoms. The lowest BCUT2D eigenvalue weighted by Crippen LogP contribution is -2.44. The molecule has 1 rings (SSSR count). The lowest BCUT2D eigenvalue weighted by molar-refractivity contribution is 0.414. The van der Waals surface area contributed by atoms with Gasteiger partial charge in [-0.1, -0.05) is 26.0 Å². The zero-order valence-corrected chi connectivity index (χ0v) is 13.2. The Morgan fingerprint density at radius 1 is 1.20 bits per heavy atom. The van der Waals surface area contributed by atoms with E-state index in [4.69, 9.17) is 4.74 Å². The van der Waals surface area contributed by atoms with Crippen LogP contribution < -0.4 is 15.4 Å². The van der Waals surface area contributed by atoms with E-state index in [1.54, 1.807) is 7.11 Å². The summed E-state index contributed by atoms with van der Waals surface area (Å²) < 4.78 is 5.15. The van der Waals surface area contributed by atoms with Gasteiger partial charge in [0.15, 0.2) is 5.96 Å². The summed E-state index contributed by atoms with van der Waals surface area (Å²) >= 11 is 0. The molecule has 1 aromatic carbocycles. The molecule has 0 heterocycles. The lowest BCUT2D eigenvalue weighted by Gasteiger charge is -2.20. The second kappa shape index (κ2) is 8.46. The fourth-order valence-electron chi connectivity index (χ4n) is 1.60. The summed E-state index contributed by atoms with van der Waals surface area (Å²) in [5, 5.41) is 6.70. The quantitative estimate of drug-likeness (QED) is 0.621. The van der Waals surface area contributed by atoms with Crippen molar-refractivity contribution in [3.8, 4) is 5.75 Å². The minimum atomic E-state index is 0.392. The molecule has 1 aromatic rings. The van der Waals surface area contributed by atoms with Crippen molar-refractivity contribution in [1.82, 2.24) is 10.6 Å². The van der Waals surface area contributed by atoms with Gasteiger partial charge in [0.05, 0.1) is 13.7 Å². The van der Waals surface area contributed by atoms with Gasteiger partial charge in [-0.05, 0) is 37.5 Å². The normalized spacial score (nSPS) is 13.2. The Morgan fingerprint density at radius 2 is 1.85 bits per heavy atom. The summed E-state index contributed by atoms with van der Waals surface area (Å²) in [6.07, 6.45) is 0. The highest BCUT2D eigenvalue weighted by Gasteiger charge is 2.08. The minimum absolute atomic E-state index is 0.392. The van der Waals surface area contributed by atoms with Crippen LogP contribution in [0.25, 0.3) is 0 Å². The van der Waals surface area contributed by atoms with E-state index in [1.165, 1.54) is 5.56 Å². The van der Waals surface area contributed by atoms with Crippen LogP contribution in [0.4, 0.5) is 0 Å². The highest BCUT2D eigenvalue weighted by molar-refractivity contribution is 5.80. The molecule has 0 aromatic heterocycles. The first-order chi connectivity index (χ1) is 9.56. The Hall–Kier alpha value is -1.71. The second-order valence-corrected chi connectivity index (χ2v) is 5.22. The van der Waals surface area contributed by atoms with Crippen LogP contribution in [0.15, 0.2) is 29.3 Å². The number of hydrogen-bond acceptors (Lipinski definition) is 2. The monoisotopic (exact) mass is 277 g/mol. The molecule has 0 amide bonds. The van der Waals surface area contributed by atoms with Crippen molar-refractivity contribution >= 4 is 5.96 Å². The highest BCUT2D eigenvalue weighted by atomic mass is 16.5. The molecule has 0 saturated heterocycles. The SMILES string of the molecule is CCNC(=NCc1ccc(OC)cc1)NC(C)C(C)C. The van der Waals surface area contributed by atoms with E-state index in [0.29, 0.717) is 18.5 Å². The van der Waals surface area contributed by atoms with Crippen molar-refractivity contribution in [3.05, 3.63) is 29.8 Å². The van der Waals surface area contributed by atoms with Crippen LogP contribution in [0, 0.1) is 5.92 Å². The third-order valence-corrected chi connectivity index (χ3v) is 3.29. The van der Waals surface area contributed by atoms with E-state index in [2.05, 4.69) is 43.3 Å². The number of nitrogens with one attached hydrogen (secondary N) is 2. The van der Waals surface area contributed by atoms with E-state index in [0.717, 1.165) is 18.3 Å². The fraction of sp³-hybridized carbons (Fsp3) is 0.562. The van der Waals surface area contributed by atoms with Gasteiger partial charge in [-0.3, -0.25) is 0 Å². The maximum Gasteiger partial charge on any atom is 0.191 e. The van der Waals surface area contributed by atoms with E-state index >= 15 is 0 Å². The number of rotatable bonds is 6. The van der Waals surface area contributed by atoms with E-state index < -0.39 is 0 Å². The molecule has 112 valence electrons. The summed E-state index contributed by atoms with van der Waals surface area (Å²) in [7, 11) is 1.67. The molecule has 20 heavy (non-hydrogen) atoms. The molecule has 1 unspecified atom stereocenters. The van der Waals surface area contributed by atoms with Crippen LogP contribution in [0.2, 0.25) is 0 Å². The zero-order chi connectivity index (χ0) is 15.0. The predicted octanol–water partition coefficient (Wildman–Crippen LogP) is 2.79. The number of aliphatic imine (C=N–C) groups is 1. The Bertz CT molecular complexity index is 412. The van der Waals surface area contributed by atoms with Crippen LogP contribution in [-0.2, 0) is 6.54 Å². The molecule has 0 aliphatic heterocycles. The third-order valence-electron chi connectivity index (χ3n) is 3.29. The summed E-state index contributed by atoms with van der Waals surface area (Å²) in [5.41, 5.74) is 1.17. The second-order valence-electron chi connectivity index (χ2n) is 5.22. The molecule has 4 nitrogen and oxygen atoms in total. The summed E-state index contributed by atoms with van der Waals surface area (Å²) in [4.78, 5) is 4.62. The average molecular weight is 277 g/mol. The van der Waals surface area contributed by atoms with E-state index in [9.17, 15) is 0 Å². The Kier molecular flexibility index (Phi) is 6.91. The molecule has 2 N–H and O–H groups in total. The highest BCUT2D eigenvalue weighted by Crippen LogP contribution is 2.11. The van der Waals surface area contributed by atoms with Crippen molar-refractivity contribution in [3.63, 3.8) is 0 Å². The first-order valence-electron chi connectivity index (χ1n) is 7.24. The number of guanidine groups is 1. The molecule has 0 aliphatic rings. The Balaban J connectivity index is 2.65. The third kappa shape index (κ3) is 5.51. The van der Waals surface area contributed by atoms with Crippen LogP contribution in [0.5, 0.6) is 5.75 Å². The molecule has 0 bridgehead atoms. The van der Waals surface area contributed by atoms with Gasteiger partial charge in [-0.2, -0.15) is 0 Å². The predicted molar refractivity (Wildman–Crippen MR) is 85.2 cm³/mol. The van der Waals surface area contributed by atoms with Crippen molar-refractivity contribution in [2.24, 2.45) is 10.9 Å². The molecule has 0 saturated carbocycles. The van der Waals surface area contributed by atoms with Crippen LogP contribution in [0.1, 0.15) is 33.3 Å². The molecule has 0 aliphatic carbocycles. The molecule has 0 radical (unpaired) electrons. The minimum Gasteiger partial charge on any atom is -0.497 e. The van der Waals surface area contributed by atoms with Gasteiger partial charge in [0.25, 0.3) is 0 Å². The van der Waals surface area contributed by atoms with Gasteiger partial charge < -0.3 is 15.4 Å². The van der Waals surface area contributed by atoms with Gasteiger partial charge in [-0.25, -0.2) is 4.99 Å². The van der Waals surface area contributed by atoms with Gasteiger partial charge in [0, 0.05) is 12.6 Å². The van der Waals surface area contributed by atoms with Crippen LogP contribution >= 0.6 is 0 Å². The fourth-order valence-corrected chi connectivity index (χ4v) is 1.60. The van der Waals surface area contributed by atoms with E-state index in [1.807, 2.05) is 24.3 Å². The number of methoxy groups -OCH3 is 1. The van der Waals surface area contributed by atoms with Crippen LogP contribution in [0.3, 0.4) is 0 Å². The lowest BCUT2D eigenvalue weighted by atomic mass is 10.1. The standard InChI is InChI=1S/C16H27N3O/c1-6-17-16(19-13(4)12(2)3)18-11-14-7-9-15(20-5)10-8-14/h7-10,12-13H,6,11H2,1-5H3,(H2,17,18,19). The molecular weight excluding hydrogens is 250 g/mol. The number of nitrogens with zero attached hydrogens (tertiary/aromatic N) is 1. The molecule has 0 fully saturated rings. The van der Waals surface area contributed by atoms with E-state index in [-0.39, 0.29) is 0 Å². The number of ether oxygens (including phenoxy) is 1. The largest absolute Gasteiger partial charge is 0.497 e. The molecular formula is C16H27N3O. The summed E-state index contributed by atoms with van der Waals surface area (Å²) in [6.45, 7) is 10.2. The molecule has 1 atom stereocenters. The molecule has 0 spiro atoms. The van der Waals surface area contributed by atoms with Crippen LogP contribution in [-0.4, -0.2) is 25.7 Å². The van der Waals surface area contributed by atoms with Crippen molar-refractivity contribution in [2.45, 2.75) is 40.3 Å². The van der Waals surface area contributed by atoms with Gasteiger partial charge >= 0.3 is 0 Å². The first-order valence-corrected chi connectivity index (χ1v) is 7.24. The Morgan fingerprint density at radius 3 is 2.35 bits per heavy atom. The zero-order valence-electron chi connectivity index (χ0n) is 13.2.